The molecule has 0 aromatic heterocycles. The van der Waals surface area contributed by atoms with Crippen LogP contribution in [0.1, 0.15) is 50.8 Å². The summed E-state index contributed by atoms with van der Waals surface area (Å²) in [5.74, 6) is 0.0428. The van der Waals surface area contributed by atoms with Crippen LogP contribution in [0.25, 0.3) is 0 Å². The largest absolute Gasteiger partial charge is 0.352 e. The minimum Gasteiger partial charge on any atom is -0.352 e. The van der Waals surface area contributed by atoms with E-state index in [2.05, 4.69) is 5.32 Å². The van der Waals surface area contributed by atoms with Crippen LogP contribution in [0.2, 0.25) is 0 Å². The first-order valence-corrected chi connectivity index (χ1v) is 7.32. The Labute approximate surface area is 121 Å². The summed E-state index contributed by atoms with van der Waals surface area (Å²) in [6.45, 7) is 6.88. The molecule has 1 atom stereocenters. The molecule has 0 aliphatic carbocycles. The molecule has 0 saturated carbocycles. The van der Waals surface area contributed by atoms with E-state index >= 15 is 0 Å². The highest BCUT2D eigenvalue weighted by Crippen LogP contribution is 2.25. The zero-order valence-electron chi connectivity index (χ0n) is 12.8. The van der Waals surface area contributed by atoms with Crippen LogP contribution in [0.3, 0.4) is 0 Å². The molecule has 0 saturated heterocycles. The highest BCUT2D eigenvalue weighted by molar-refractivity contribution is 5.82. The van der Waals surface area contributed by atoms with Crippen LogP contribution in [-0.4, -0.2) is 12.5 Å². The third-order valence-electron chi connectivity index (χ3n) is 4.18. The first-order valence-electron chi connectivity index (χ1n) is 7.32. The van der Waals surface area contributed by atoms with Gasteiger partial charge in [-0.25, -0.2) is 0 Å². The van der Waals surface area contributed by atoms with Gasteiger partial charge >= 0.3 is 0 Å². The molecule has 1 aromatic rings. The van der Waals surface area contributed by atoms with Gasteiger partial charge in [-0.3, -0.25) is 4.79 Å². The molecule has 112 valence electrons. The first-order chi connectivity index (χ1) is 9.49. The van der Waals surface area contributed by atoms with E-state index in [0.717, 1.165) is 24.0 Å². The maximum atomic E-state index is 12.3. The number of rotatable bonds is 7. The first kappa shape index (κ1) is 16.7. The molecule has 20 heavy (non-hydrogen) atoms. The van der Waals surface area contributed by atoms with Gasteiger partial charge in [-0.15, -0.1) is 0 Å². The molecule has 4 nitrogen and oxygen atoms in total. The third-order valence-corrected chi connectivity index (χ3v) is 4.18. The molecule has 4 heteroatoms. The van der Waals surface area contributed by atoms with Crippen LogP contribution >= 0.6 is 0 Å². The Kier molecular flexibility index (Phi) is 6.17. The number of nitrogens with two attached hydrogens (primary N) is 2. The van der Waals surface area contributed by atoms with Gasteiger partial charge < -0.3 is 16.8 Å². The fourth-order valence-corrected chi connectivity index (χ4v) is 2.26. The fraction of sp³-hybridized carbons (Fsp3) is 0.562. The Hall–Kier alpha value is -1.39. The van der Waals surface area contributed by atoms with Gasteiger partial charge in [0.15, 0.2) is 0 Å². The summed E-state index contributed by atoms with van der Waals surface area (Å²) in [5.41, 5.74) is 13.3. The normalized spacial score (nSPS) is 13.1. The van der Waals surface area contributed by atoms with Crippen molar-refractivity contribution >= 4 is 5.91 Å². The lowest BCUT2D eigenvalue weighted by atomic mass is 9.81. The number of carbonyl (C=O) groups is 1. The molecule has 1 rings (SSSR count). The maximum absolute atomic E-state index is 12.3. The Morgan fingerprint density at radius 1 is 1.25 bits per heavy atom. The van der Waals surface area contributed by atoms with Crippen molar-refractivity contribution < 1.29 is 4.79 Å². The number of hydrogen-bond donors (Lipinski definition) is 3. The van der Waals surface area contributed by atoms with Crippen molar-refractivity contribution in [3.8, 4) is 0 Å². The monoisotopic (exact) mass is 277 g/mol. The average Bonchev–Trinajstić information content (AvgIpc) is 2.48. The molecule has 1 unspecified atom stereocenters. The quantitative estimate of drug-likeness (QED) is 0.714. The third kappa shape index (κ3) is 3.81. The van der Waals surface area contributed by atoms with E-state index in [-0.39, 0.29) is 11.9 Å². The molecule has 1 aromatic carbocycles. The molecule has 5 N–H and O–H groups in total. The van der Waals surface area contributed by atoms with E-state index < -0.39 is 5.41 Å². The summed E-state index contributed by atoms with van der Waals surface area (Å²) in [4.78, 5) is 12.3. The maximum Gasteiger partial charge on any atom is 0.227 e. The fourth-order valence-electron chi connectivity index (χ4n) is 2.26. The minimum absolute atomic E-state index is 0.0312. The SMILES string of the molecule is CCC(CC)(CN)C(=O)NCc1ccc(C(C)N)cc1. The summed E-state index contributed by atoms with van der Waals surface area (Å²) >= 11 is 0. The highest BCUT2D eigenvalue weighted by atomic mass is 16.2. The Balaban J connectivity index is 2.64. The van der Waals surface area contributed by atoms with Crippen molar-refractivity contribution in [2.45, 2.75) is 46.2 Å². The minimum atomic E-state index is -0.439. The number of carbonyl (C=O) groups excluding carboxylic acids is 1. The number of hydrogen-bond acceptors (Lipinski definition) is 3. The van der Waals surface area contributed by atoms with Crippen LogP contribution in [0, 0.1) is 5.41 Å². The van der Waals surface area contributed by atoms with E-state index in [0.29, 0.717) is 13.1 Å². The summed E-state index contributed by atoms with van der Waals surface area (Å²) in [7, 11) is 0. The highest BCUT2D eigenvalue weighted by Gasteiger charge is 2.32. The predicted molar refractivity (Wildman–Crippen MR) is 83.0 cm³/mol. The molecular weight excluding hydrogens is 250 g/mol. The molecule has 0 heterocycles. The van der Waals surface area contributed by atoms with Crippen LogP contribution in [-0.2, 0) is 11.3 Å². The van der Waals surface area contributed by atoms with Crippen molar-refractivity contribution in [2.75, 3.05) is 6.54 Å². The van der Waals surface area contributed by atoms with Gasteiger partial charge in [-0.2, -0.15) is 0 Å². The molecular formula is C16H27N3O. The van der Waals surface area contributed by atoms with Gasteiger partial charge in [-0.1, -0.05) is 38.1 Å². The zero-order chi connectivity index (χ0) is 15.2. The Bertz CT molecular complexity index is 414. The summed E-state index contributed by atoms with van der Waals surface area (Å²) < 4.78 is 0. The topological polar surface area (TPSA) is 81.1 Å². The second-order valence-corrected chi connectivity index (χ2v) is 5.40. The van der Waals surface area contributed by atoms with E-state index in [1.165, 1.54) is 0 Å². The Morgan fingerprint density at radius 3 is 2.20 bits per heavy atom. The molecule has 0 fully saturated rings. The van der Waals surface area contributed by atoms with Crippen molar-refractivity contribution in [2.24, 2.45) is 16.9 Å². The Morgan fingerprint density at radius 2 is 1.80 bits per heavy atom. The standard InChI is InChI=1S/C16H27N3O/c1-4-16(5-2,11-17)15(20)19-10-13-6-8-14(9-7-13)12(3)18/h6-9,12H,4-5,10-11,17-18H2,1-3H3,(H,19,20). The van der Waals surface area contributed by atoms with E-state index in [4.69, 9.17) is 11.5 Å². The number of benzene rings is 1. The number of nitrogens with one attached hydrogen (secondary N) is 1. The van der Waals surface area contributed by atoms with Crippen molar-refractivity contribution in [3.05, 3.63) is 35.4 Å². The van der Waals surface area contributed by atoms with Gasteiger partial charge in [0.1, 0.15) is 0 Å². The molecule has 1 amide bonds. The average molecular weight is 277 g/mol. The molecule has 0 spiro atoms. The van der Waals surface area contributed by atoms with E-state index in [1.807, 2.05) is 45.0 Å². The van der Waals surface area contributed by atoms with Crippen molar-refractivity contribution in [1.29, 1.82) is 0 Å². The lowest BCUT2D eigenvalue weighted by Crippen LogP contribution is -2.45. The van der Waals surface area contributed by atoms with Gasteiger partial charge in [0.25, 0.3) is 0 Å². The van der Waals surface area contributed by atoms with Crippen LogP contribution in [0.5, 0.6) is 0 Å². The van der Waals surface area contributed by atoms with Crippen molar-refractivity contribution in [3.63, 3.8) is 0 Å². The van der Waals surface area contributed by atoms with E-state index in [1.54, 1.807) is 0 Å². The summed E-state index contributed by atoms with van der Waals surface area (Å²) in [6.07, 6.45) is 1.52. The number of amides is 1. The smallest absolute Gasteiger partial charge is 0.227 e. The second-order valence-electron chi connectivity index (χ2n) is 5.40. The zero-order valence-corrected chi connectivity index (χ0v) is 12.8. The summed E-state index contributed by atoms with van der Waals surface area (Å²) in [6, 6.07) is 8.04. The van der Waals surface area contributed by atoms with Crippen LogP contribution in [0.15, 0.2) is 24.3 Å². The lowest BCUT2D eigenvalue weighted by molar-refractivity contribution is -0.131. The molecule has 0 bridgehead atoms. The van der Waals surface area contributed by atoms with Gasteiger partial charge in [0, 0.05) is 19.1 Å². The second kappa shape index (κ2) is 7.41. The van der Waals surface area contributed by atoms with Gasteiger partial charge in [0.2, 0.25) is 5.91 Å². The van der Waals surface area contributed by atoms with Crippen molar-refractivity contribution in [1.82, 2.24) is 5.32 Å². The van der Waals surface area contributed by atoms with Gasteiger partial charge in [0.05, 0.1) is 5.41 Å². The molecule has 0 aliphatic heterocycles. The predicted octanol–water partition coefficient (Wildman–Crippen LogP) is 2.09. The van der Waals surface area contributed by atoms with Crippen LogP contribution in [0.4, 0.5) is 0 Å². The van der Waals surface area contributed by atoms with Crippen LogP contribution < -0.4 is 16.8 Å². The molecule has 0 radical (unpaired) electrons. The summed E-state index contributed by atoms with van der Waals surface area (Å²) in [5, 5.41) is 2.99. The van der Waals surface area contributed by atoms with Gasteiger partial charge in [-0.05, 0) is 30.9 Å². The molecule has 0 aliphatic rings. The van der Waals surface area contributed by atoms with E-state index in [9.17, 15) is 4.79 Å². The lowest BCUT2D eigenvalue weighted by Gasteiger charge is -2.28.